The average molecular weight is 199 g/mol. The summed E-state index contributed by atoms with van der Waals surface area (Å²) in [5, 5.41) is 21.3. The van der Waals surface area contributed by atoms with E-state index in [1.54, 1.807) is 19.9 Å². The third kappa shape index (κ3) is 4.30. The van der Waals surface area contributed by atoms with Crippen molar-refractivity contribution in [3.8, 4) is 6.07 Å². The number of urea groups is 1. The Balaban J connectivity index is 4.12. The lowest BCUT2D eigenvalue weighted by molar-refractivity contribution is -0.140. The van der Waals surface area contributed by atoms with Crippen molar-refractivity contribution in [2.24, 2.45) is 5.92 Å². The molecule has 0 aliphatic carbocycles. The molecule has 0 aliphatic rings. The van der Waals surface area contributed by atoms with Gasteiger partial charge < -0.3 is 15.7 Å². The number of aliphatic carboxylic acids is 1. The summed E-state index contributed by atoms with van der Waals surface area (Å²) >= 11 is 0. The quantitative estimate of drug-likeness (QED) is 0.551. The van der Waals surface area contributed by atoms with Gasteiger partial charge in [-0.2, -0.15) is 5.26 Å². The highest BCUT2D eigenvalue weighted by atomic mass is 16.4. The van der Waals surface area contributed by atoms with Crippen molar-refractivity contribution < 1.29 is 14.7 Å². The fourth-order valence-electron chi connectivity index (χ4n) is 0.826. The lowest BCUT2D eigenvalue weighted by Gasteiger charge is -2.17. The van der Waals surface area contributed by atoms with Crippen LogP contribution >= 0.6 is 0 Å². The first kappa shape index (κ1) is 12.2. The molecule has 3 N–H and O–H groups in total. The van der Waals surface area contributed by atoms with E-state index >= 15 is 0 Å². The number of rotatable bonds is 4. The van der Waals surface area contributed by atoms with Gasteiger partial charge in [-0.05, 0) is 5.92 Å². The van der Waals surface area contributed by atoms with Gasteiger partial charge in [-0.3, -0.25) is 0 Å². The van der Waals surface area contributed by atoms with E-state index in [2.05, 4.69) is 10.6 Å². The number of carbonyl (C=O) groups excluding carboxylic acids is 1. The van der Waals surface area contributed by atoms with E-state index < -0.39 is 18.0 Å². The minimum Gasteiger partial charge on any atom is -0.480 e. The third-order valence-electron chi connectivity index (χ3n) is 1.55. The van der Waals surface area contributed by atoms with Crippen molar-refractivity contribution in [1.29, 1.82) is 5.26 Å². The predicted molar refractivity (Wildman–Crippen MR) is 48.4 cm³/mol. The predicted octanol–water partition coefficient (Wildman–Crippen LogP) is -0.0816. The second kappa shape index (κ2) is 5.80. The van der Waals surface area contributed by atoms with Crippen LogP contribution in [0.3, 0.4) is 0 Å². The van der Waals surface area contributed by atoms with E-state index in [-0.39, 0.29) is 12.5 Å². The maximum absolute atomic E-state index is 11.0. The minimum absolute atomic E-state index is 0.143. The van der Waals surface area contributed by atoms with Crippen molar-refractivity contribution in [3.63, 3.8) is 0 Å². The Morgan fingerprint density at radius 3 is 2.43 bits per heavy atom. The number of nitrogens with zero attached hydrogens (tertiary/aromatic N) is 1. The molecule has 1 unspecified atom stereocenters. The number of nitriles is 1. The maximum atomic E-state index is 11.0. The summed E-state index contributed by atoms with van der Waals surface area (Å²) in [7, 11) is 0. The van der Waals surface area contributed by atoms with E-state index in [9.17, 15) is 9.59 Å². The summed E-state index contributed by atoms with van der Waals surface area (Å²) in [6, 6.07) is 0.129. The number of amides is 2. The van der Waals surface area contributed by atoms with E-state index in [0.717, 1.165) is 0 Å². The van der Waals surface area contributed by atoms with E-state index in [0.29, 0.717) is 0 Å². The number of nitrogens with one attached hydrogen (secondary N) is 2. The van der Waals surface area contributed by atoms with Crippen LogP contribution in [0.1, 0.15) is 13.8 Å². The maximum Gasteiger partial charge on any atom is 0.326 e. The first-order chi connectivity index (χ1) is 6.49. The van der Waals surface area contributed by atoms with Gasteiger partial charge in [-0.15, -0.1) is 0 Å². The van der Waals surface area contributed by atoms with Gasteiger partial charge in [0.1, 0.15) is 12.6 Å². The second-order valence-electron chi connectivity index (χ2n) is 3.05. The Morgan fingerprint density at radius 2 is 2.07 bits per heavy atom. The number of hydrogen-bond acceptors (Lipinski definition) is 3. The molecule has 1 atom stereocenters. The standard InChI is InChI=1S/C8H13N3O3/c1-5(2)6(7(12)13)11-8(14)10-4-3-9/h5-6H,4H2,1-2H3,(H,12,13)(H2,10,11,14). The minimum atomic E-state index is -1.09. The van der Waals surface area contributed by atoms with Crippen molar-refractivity contribution in [3.05, 3.63) is 0 Å². The number of carboxylic acids is 1. The Hall–Kier alpha value is -1.77. The van der Waals surface area contributed by atoms with Crippen LogP contribution in [0.25, 0.3) is 0 Å². The summed E-state index contributed by atoms with van der Waals surface area (Å²) in [4.78, 5) is 21.6. The summed E-state index contributed by atoms with van der Waals surface area (Å²) in [6.45, 7) is 3.23. The van der Waals surface area contributed by atoms with Gasteiger partial charge in [-0.1, -0.05) is 13.8 Å². The SMILES string of the molecule is CC(C)C(NC(=O)NCC#N)C(=O)O. The largest absolute Gasteiger partial charge is 0.480 e. The Bertz CT molecular complexity index is 257. The smallest absolute Gasteiger partial charge is 0.326 e. The van der Waals surface area contributed by atoms with Crippen LogP contribution in [-0.4, -0.2) is 29.7 Å². The molecule has 6 nitrogen and oxygen atoms in total. The van der Waals surface area contributed by atoms with Crippen LogP contribution in [0, 0.1) is 17.2 Å². The van der Waals surface area contributed by atoms with Gasteiger partial charge in [0.2, 0.25) is 0 Å². The van der Waals surface area contributed by atoms with Gasteiger partial charge in [0.15, 0.2) is 0 Å². The zero-order valence-electron chi connectivity index (χ0n) is 8.07. The molecular weight excluding hydrogens is 186 g/mol. The zero-order chi connectivity index (χ0) is 11.1. The van der Waals surface area contributed by atoms with Crippen LogP contribution < -0.4 is 10.6 Å². The molecule has 2 amide bonds. The first-order valence-electron chi connectivity index (χ1n) is 4.13. The summed E-state index contributed by atoms with van der Waals surface area (Å²) in [5.41, 5.74) is 0. The molecule has 0 aliphatic heterocycles. The van der Waals surface area contributed by atoms with E-state index in [1.807, 2.05) is 0 Å². The number of hydrogen-bond donors (Lipinski definition) is 3. The monoisotopic (exact) mass is 199 g/mol. The topological polar surface area (TPSA) is 102 Å². The van der Waals surface area contributed by atoms with Gasteiger partial charge in [0.25, 0.3) is 0 Å². The van der Waals surface area contributed by atoms with Gasteiger partial charge >= 0.3 is 12.0 Å². The third-order valence-corrected chi connectivity index (χ3v) is 1.55. The molecule has 0 rings (SSSR count). The van der Waals surface area contributed by atoms with Crippen molar-refractivity contribution in [2.75, 3.05) is 6.54 Å². The summed E-state index contributed by atoms with van der Waals surface area (Å²) in [6.07, 6.45) is 0. The second-order valence-corrected chi connectivity index (χ2v) is 3.05. The summed E-state index contributed by atoms with van der Waals surface area (Å²) < 4.78 is 0. The molecule has 0 bridgehead atoms. The molecule has 0 aromatic heterocycles. The normalized spacial score (nSPS) is 11.6. The molecule has 0 saturated carbocycles. The number of carboxylic acid groups (broad SMARTS) is 1. The van der Waals surface area contributed by atoms with Crippen LogP contribution in [0.5, 0.6) is 0 Å². The molecule has 0 aromatic rings. The fourth-order valence-corrected chi connectivity index (χ4v) is 0.826. The molecule has 14 heavy (non-hydrogen) atoms. The molecule has 0 heterocycles. The van der Waals surface area contributed by atoms with Crippen LogP contribution in [0.15, 0.2) is 0 Å². The van der Waals surface area contributed by atoms with Crippen molar-refractivity contribution in [1.82, 2.24) is 10.6 Å². The van der Waals surface area contributed by atoms with Crippen LogP contribution in [-0.2, 0) is 4.79 Å². The lowest BCUT2D eigenvalue weighted by Crippen LogP contribution is -2.48. The molecular formula is C8H13N3O3. The highest BCUT2D eigenvalue weighted by Gasteiger charge is 2.22. The van der Waals surface area contributed by atoms with Crippen molar-refractivity contribution >= 4 is 12.0 Å². The molecule has 0 radical (unpaired) electrons. The first-order valence-corrected chi connectivity index (χ1v) is 4.13. The Labute approximate surface area is 81.9 Å². The lowest BCUT2D eigenvalue weighted by atomic mass is 10.1. The number of carbonyl (C=O) groups is 2. The highest BCUT2D eigenvalue weighted by Crippen LogP contribution is 2.00. The molecule has 78 valence electrons. The molecule has 6 heteroatoms. The average Bonchev–Trinajstić information content (AvgIpc) is 2.09. The molecule has 0 fully saturated rings. The van der Waals surface area contributed by atoms with Crippen LogP contribution in [0.2, 0.25) is 0 Å². The Kier molecular flexibility index (Phi) is 5.07. The van der Waals surface area contributed by atoms with Gasteiger partial charge in [-0.25, -0.2) is 9.59 Å². The van der Waals surface area contributed by atoms with E-state index in [1.165, 1.54) is 0 Å². The highest BCUT2D eigenvalue weighted by molar-refractivity contribution is 5.82. The molecule has 0 spiro atoms. The molecule has 0 aromatic carbocycles. The van der Waals surface area contributed by atoms with Gasteiger partial charge in [0.05, 0.1) is 6.07 Å². The van der Waals surface area contributed by atoms with Crippen molar-refractivity contribution in [2.45, 2.75) is 19.9 Å². The summed E-state index contributed by atoms with van der Waals surface area (Å²) in [5.74, 6) is -1.30. The van der Waals surface area contributed by atoms with Crippen LogP contribution in [0.4, 0.5) is 4.79 Å². The van der Waals surface area contributed by atoms with E-state index in [4.69, 9.17) is 10.4 Å². The fraction of sp³-hybridized carbons (Fsp3) is 0.625. The zero-order valence-corrected chi connectivity index (χ0v) is 8.07. The Morgan fingerprint density at radius 1 is 1.50 bits per heavy atom. The molecule has 0 saturated heterocycles. The van der Waals surface area contributed by atoms with Gasteiger partial charge in [0, 0.05) is 0 Å².